The molecule has 1 amide bonds. The quantitative estimate of drug-likeness (QED) is 0.831. The average molecular weight is 300 g/mol. The topological polar surface area (TPSA) is 56.6 Å². The summed E-state index contributed by atoms with van der Waals surface area (Å²) in [5.41, 5.74) is -0.481. The lowest BCUT2D eigenvalue weighted by Gasteiger charge is -2.41. The monoisotopic (exact) mass is 299 g/mol. The number of nitrogens with zero attached hydrogens (tertiary/aromatic N) is 3. The molecular weight excluding hydrogens is 282 g/mol. The van der Waals surface area contributed by atoms with E-state index in [2.05, 4.69) is 5.10 Å². The lowest BCUT2D eigenvalue weighted by molar-refractivity contribution is -0.182. The highest BCUT2D eigenvalue weighted by molar-refractivity contribution is 6.30. The molecule has 0 bridgehead atoms. The highest BCUT2D eigenvalue weighted by atomic mass is 35.5. The second kappa shape index (κ2) is 5.35. The molecule has 3 rings (SSSR count). The summed E-state index contributed by atoms with van der Waals surface area (Å²) in [6.45, 7) is 2.73. The largest absolute Gasteiger partial charge is 0.383 e. The van der Waals surface area contributed by atoms with E-state index in [1.54, 1.807) is 19.5 Å². The molecule has 0 N–H and O–H groups in total. The van der Waals surface area contributed by atoms with Gasteiger partial charge in [0, 0.05) is 26.4 Å². The molecule has 20 heavy (non-hydrogen) atoms. The van der Waals surface area contributed by atoms with Crippen LogP contribution in [0, 0.1) is 5.41 Å². The van der Waals surface area contributed by atoms with Gasteiger partial charge in [-0.3, -0.25) is 9.48 Å². The van der Waals surface area contributed by atoms with Gasteiger partial charge in [-0.15, -0.1) is 0 Å². The smallest absolute Gasteiger partial charge is 0.235 e. The number of hydrogen-bond donors (Lipinski definition) is 0. The first-order valence-corrected chi connectivity index (χ1v) is 7.08. The van der Waals surface area contributed by atoms with E-state index in [-0.39, 0.29) is 11.9 Å². The molecule has 0 radical (unpaired) electrons. The lowest BCUT2D eigenvalue weighted by atomic mass is 9.85. The van der Waals surface area contributed by atoms with Gasteiger partial charge in [0.15, 0.2) is 0 Å². The van der Waals surface area contributed by atoms with Crippen LogP contribution in [0.2, 0.25) is 5.02 Å². The van der Waals surface area contributed by atoms with Crippen LogP contribution >= 0.6 is 11.6 Å². The third kappa shape index (κ3) is 2.32. The van der Waals surface area contributed by atoms with E-state index in [4.69, 9.17) is 21.1 Å². The Morgan fingerprint density at radius 1 is 1.65 bits per heavy atom. The Bertz CT molecular complexity index is 501. The summed E-state index contributed by atoms with van der Waals surface area (Å²) in [5, 5.41) is 4.84. The van der Waals surface area contributed by atoms with Gasteiger partial charge in [-0.2, -0.15) is 5.10 Å². The number of hydrogen-bond acceptors (Lipinski definition) is 4. The summed E-state index contributed by atoms with van der Waals surface area (Å²) >= 11 is 5.89. The molecule has 2 aliphatic rings. The summed E-state index contributed by atoms with van der Waals surface area (Å²) in [6, 6.07) is 0.201. The Kier molecular flexibility index (Phi) is 3.70. The van der Waals surface area contributed by atoms with Crippen LogP contribution in [0.25, 0.3) is 0 Å². The fourth-order valence-electron chi connectivity index (χ4n) is 2.89. The minimum atomic E-state index is -0.481. The van der Waals surface area contributed by atoms with Gasteiger partial charge in [0.05, 0.1) is 37.1 Å². The molecule has 7 heteroatoms. The molecule has 110 valence electrons. The van der Waals surface area contributed by atoms with Crippen molar-refractivity contribution >= 4 is 17.5 Å². The molecule has 2 fully saturated rings. The van der Waals surface area contributed by atoms with Crippen molar-refractivity contribution in [3.8, 4) is 0 Å². The minimum absolute atomic E-state index is 0.131. The van der Waals surface area contributed by atoms with Crippen molar-refractivity contribution < 1.29 is 14.3 Å². The third-order valence-electron chi connectivity index (χ3n) is 4.03. The van der Waals surface area contributed by atoms with E-state index in [9.17, 15) is 4.79 Å². The summed E-state index contributed by atoms with van der Waals surface area (Å²) in [7, 11) is 1.62. The van der Waals surface area contributed by atoms with Crippen molar-refractivity contribution in [2.45, 2.75) is 12.5 Å². The molecule has 2 aliphatic heterocycles. The highest BCUT2D eigenvalue weighted by Crippen LogP contribution is 2.33. The van der Waals surface area contributed by atoms with Gasteiger partial charge in [0.1, 0.15) is 5.41 Å². The number of halogens is 1. The Morgan fingerprint density at radius 2 is 2.45 bits per heavy atom. The number of rotatable bonds is 4. The lowest BCUT2D eigenvalue weighted by Crippen LogP contribution is -2.57. The van der Waals surface area contributed by atoms with E-state index in [0.717, 1.165) is 13.0 Å². The summed E-state index contributed by atoms with van der Waals surface area (Å²) in [4.78, 5) is 14.5. The number of carbonyl (C=O) groups excluding carboxylic acids is 1. The van der Waals surface area contributed by atoms with Crippen molar-refractivity contribution in [2.24, 2.45) is 5.41 Å². The van der Waals surface area contributed by atoms with Crippen molar-refractivity contribution in [1.82, 2.24) is 14.7 Å². The Balaban J connectivity index is 1.66. The maximum absolute atomic E-state index is 12.6. The zero-order valence-corrected chi connectivity index (χ0v) is 12.2. The van der Waals surface area contributed by atoms with Crippen molar-refractivity contribution in [1.29, 1.82) is 0 Å². The van der Waals surface area contributed by atoms with Crippen LogP contribution in [0.4, 0.5) is 0 Å². The molecule has 0 aliphatic carbocycles. The van der Waals surface area contributed by atoms with Crippen LogP contribution in [-0.2, 0) is 14.3 Å². The molecular formula is C13H18ClN3O3. The predicted octanol–water partition coefficient (Wildman–Crippen LogP) is 0.973. The molecule has 1 aromatic heterocycles. The number of amides is 1. The first-order valence-electron chi connectivity index (χ1n) is 6.70. The third-order valence-corrected chi connectivity index (χ3v) is 4.22. The van der Waals surface area contributed by atoms with Gasteiger partial charge in [-0.25, -0.2) is 0 Å². The van der Waals surface area contributed by atoms with Gasteiger partial charge in [-0.05, 0) is 6.42 Å². The van der Waals surface area contributed by atoms with Gasteiger partial charge in [0.25, 0.3) is 0 Å². The Labute approximate surface area is 122 Å². The molecule has 0 spiro atoms. The molecule has 1 aromatic rings. The Hall–Kier alpha value is -1.11. The number of carbonyl (C=O) groups is 1. The molecule has 0 saturated carbocycles. The predicted molar refractivity (Wildman–Crippen MR) is 72.6 cm³/mol. The number of likely N-dealkylation sites (tertiary alicyclic amines) is 1. The molecule has 6 nitrogen and oxygen atoms in total. The van der Waals surface area contributed by atoms with E-state index >= 15 is 0 Å². The number of aromatic nitrogens is 2. The molecule has 2 saturated heterocycles. The van der Waals surface area contributed by atoms with Crippen LogP contribution in [0.5, 0.6) is 0 Å². The maximum Gasteiger partial charge on any atom is 0.235 e. The summed E-state index contributed by atoms with van der Waals surface area (Å²) < 4.78 is 12.2. The first-order chi connectivity index (χ1) is 9.64. The SMILES string of the molecule is COCC1(C(=O)N2CCC(n3cc(Cl)cn3)C2)COC1. The van der Waals surface area contributed by atoms with Gasteiger partial charge < -0.3 is 14.4 Å². The maximum atomic E-state index is 12.6. The van der Waals surface area contributed by atoms with E-state index < -0.39 is 5.41 Å². The highest BCUT2D eigenvalue weighted by Gasteiger charge is 2.49. The van der Waals surface area contributed by atoms with E-state index in [1.807, 2.05) is 9.58 Å². The molecule has 3 heterocycles. The molecule has 1 atom stereocenters. The first kappa shape index (κ1) is 13.9. The number of methoxy groups -OCH3 is 1. The fourth-order valence-corrected chi connectivity index (χ4v) is 3.03. The van der Waals surface area contributed by atoms with Gasteiger partial charge >= 0.3 is 0 Å². The van der Waals surface area contributed by atoms with Crippen LogP contribution in [-0.4, -0.2) is 60.6 Å². The number of ether oxygens (including phenoxy) is 2. The zero-order chi connectivity index (χ0) is 14.2. The van der Waals surface area contributed by atoms with Crippen molar-refractivity contribution in [2.75, 3.05) is 40.0 Å². The second-order valence-corrected chi connectivity index (χ2v) is 5.97. The van der Waals surface area contributed by atoms with E-state index in [1.165, 1.54) is 0 Å². The van der Waals surface area contributed by atoms with Crippen molar-refractivity contribution in [3.63, 3.8) is 0 Å². The fraction of sp³-hybridized carbons (Fsp3) is 0.692. The van der Waals surface area contributed by atoms with Crippen LogP contribution in [0.1, 0.15) is 12.5 Å². The van der Waals surface area contributed by atoms with Crippen LogP contribution < -0.4 is 0 Å². The Morgan fingerprint density at radius 3 is 3.00 bits per heavy atom. The second-order valence-electron chi connectivity index (χ2n) is 5.54. The molecule has 1 unspecified atom stereocenters. The summed E-state index contributed by atoms with van der Waals surface area (Å²) in [6.07, 6.45) is 4.32. The normalized spacial score (nSPS) is 24.7. The van der Waals surface area contributed by atoms with Gasteiger partial charge in [-0.1, -0.05) is 11.6 Å². The van der Waals surface area contributed by atoms with Gasteiger partial charge in [0.2, 0.25) is 5.91 Å². The molecule has 0 aromatic carbocycles. The van der Waals surface area contributed by atoms with Crippen molar-refractivity contribution in [3.05, 3.63) is 17.4 Å². The average Bonchev–Trinajstić information content (AvgIpc) is 3.01. The van der Waals surface area contributed by atoms with Crippen LogP contribution in [0.15, 0.2) is 12.4 Å². The van der Waals surface area contributed by atoms with Crippen LogP contribution in [0.3, 0.4) is 0 Å². The standard InChI is InChI=1S/C13H18ClN3O3/c1-19-7-13(8-20-9-13)12(18)16-3-2-11(6-16)17-5-10(14)4-15-17/h4-5,11H,2-3,6-9H2,1H3. The van der Waals surface area contributed by atoms with E-state index in [0.29, 0.717) is 31.4 Å². The minimum Gasteiger partial charge on any atom is -0.383 e. The summed E-state index contributed by atoms with van der Waals surface area (Å²) in [5.74, 6) is 0.131. The zero-order valence-electron chi connectivity index (χ0n) is 11.4.